The zero-order valence-corrected chi connectivity index (χ0v) is 15.8. The minimum Gasteiger partial charge on any atom is -0.459 e. The van der Waals surface area contributed by atoms with Gasteiger partial charge in [0.2, 0.25) is 11.6 Å². The highest BCUT2D eigenvalue weighted by atomic mass is 19.2. The first-order valence-corrected chi connectivity index (χ1v) is 8.95. The summed E-state index contributed by atoms with van der Waals surface area (Å²) < 4.78 is 59.0. The molecule has 2 aromatic rings. The zero-order chi connectivity index (χ0) is 21.8. The molecule has 0 N–H and O–H groups in total. The molecule has 0 bridgehead atoms. The first-order valence-electron chi connectivity index (χ1n) is 8.95. The number of hydrogen-bond donors (Lipinski definition) is 0. The fraction of sp³-hybridized carbons (Fsp3) is 0.286. The number of nitrogens with zero attached hydrogens (tertiary/aromatic N) is 2. The van der Waals surface area contributed by atoms with Crippen LogP contribution in [0.2, 0.25) is 0 Å². The molecule has 2 aromatic carbocycles. The predicted molar refractivity (Wildman–Crippen MR) is 96.3 cm³/mol. The van der Waals surface area contributed by atoms with Crippen molar-refractivity contribution in [1.29, 1.82) is 10.5 Å². The summed E-state index contributed by atoms with van der Waals surface area (Å²) in [6, 6.07) is 6.92. The number of aryl methyl sites for hydroxylation is 1. The minimum atomic E-state index is -1.79. The molecule has 3 rings (SSSR count). The molecule has 1 fully saturated rings. The first-order chi connectivity index (χ1) is 14.4. The maximum Gasteiger partial charge on any atom is 0.342 e. The average molecular weight is 416 g/mol. The van der Waals surface area contributed by atoms with Crippen LogP contribution in [0.3, 0.4) is 0 Å². The summed E-state index contributed by atoms with van der Waals surface area (Å²) in [5.74, 6) is -7.37. The van der Waals surface area contributed by atoms with Gasteiger partial charge in [-0.25, -0.2) is 13.6 Å². The van der Waals surface area contributed by atoms with E-state index in [9.17, 15) is 18.0 Å². The van der Waals surface area contributed by atoms with Crippen LogP contribution in [-0.2, 0) is 9.47 Å². The van der Waals surface area contributed by atoms with Crippen molar-refractivity contribution in [3.63, 3.8) is 0 Å². The summed E-state index contributed by atoms with van der Waals surface area (Å²) in [5.41, 5.74) is -1.90. The lowest BCUT2D eigenvalue weighted by Gasteiger charge is -2.16. The summed E-state index contributed by atoms with van der Waals surface area (Å²) >= 11 is 0. The molecule has 0 saturated carbocycles. The van der Waals surface area contributed by atoms with E-state index in [1.165, 1.54) is 37.3 Å². The third kappa shape index (κ3) is 3.93. The molecule has 9 heteroatoms. The van der Waals surface area contributed by atoms with E-state index >= 15 is 0 Å². The highest BCUT2D eigenvalue weighted by Crippen LogP contribution is 2.36. The summed E-state index contributed by atoms with van der Waals surface area (Å²) in [7, 11) is 0. The van der Waals surface area contributed by atoms with E-state index in [1.54, 1.807) is 0 Å². The first kappa shape index (κ1) is 21.2. The smallest absolute Gasteiger partial charge is 0.342 e. The van der Waals surface area contributed by atoms with Gasteiger partial charge >= 0.3 is 5.97 Å². The molecular formula is C21H15F3N2O4. The lowest BCUT2D eigenvalue weighted by molar-refractivity contribution is 0.0159. The summed E-state index contributed by atoms with van der Waals surface area (Å²) in [4.78, 5) is 12.5. The average Bonchev–Trinajstić information content (AvgIpc) is 3.26. The van der Waals surface area contributed by atoms with Gasteiger partial charge in [0.05, 0.1) is 6.10 Å². The van der Waals surface area contributed by atoms with Gasteiger partial charge in [-0.15, -0.1) is 0 Å². The van der Waals surface area contributed by atoms with Crippen LogP contribution in [0.15, 0.2) is 18.2 Å². The predicted octanol–water partition coefficient (Wildman–Crippen LogP) is 4.28. The van der Waals surface area contributed by atoms with Crippen molar-refractivity contribution in [2.45, 2.75) is 25.9 Å². The molecule has 1 unspecified atom stereocenters. The molecule has 1 atom stereocenters. The van der Waals surface area contributed by atoms with Gasteiger partial charge < -0.3 is 14.2 Å². The number of para-hydroxylation sites is 1. The Morgan fingerprint density at radius 1 is 1.13 bits per heavy atom. The second kappa shape index (κ2) is 8.85. The van der Waals surface area contributed by atoms with Crippen LogP contribution < -0.4 is 4.74 Å². The van der Waals surface area contributed by atoms with Crippen LogP contribution >= 0.6 is 0 Å². The maximum absolute atomic E-state index is 14.6. The maximum atomic E-state index is 14.6. The Balaban J connectivity index is 1.98. The third-order valence-electron chi connectivity index (χ3n) is 4.56. The number of rotatable bonds is 5. The highest BCUT2D eigenvalue weighted by molar-refractivity contribution is 5.93. The van der Waals surface area contributed by atoms with Gasteiger partial charge in [0.25, 0.3) is 0 Å². The number of halogens is 3. The number of nitriles is 2. The molecule has 0 aromatic heterocycles. The number of carbonyl (C=O) groups excluding carboxylic acids is 1. The molecule has 6 nitrogen and oxygen atoms in total. The van der Waals surface area contributed by atoms with Gasteiger partial charge in [0.15, 0.2) is 11.6 Å². The third-order valence-corrected chi connectivity index (χ3v) is 4.56. The van der Waals surface area contributed by atoms with Crippen LogP contribution in [0, 0.1) is 47.0 Å². The molecule has 30 heavy (non-hydrogen) atoms. The Morgan fingerprint density at radius 2 is 1.83 bits per heavy atom. The van der Waals surface area contributed by atoms with E-state index in [-0.39, 0.29) is 24.0 Å². The van der Waals surface area contributed by atoms with E-state index in [0.717, 1.165) is 12.8 Å². The van der Waals surface area contributed by atoms with Crippen LogP contribution in [0.4, 0.5) is 13.2 Å². The largest absolute Gasteiger partial charge is 0.459 e. The summed E-state index contributed by atoms with van der Waals surface area (Å²) in [5, 5.41) is 17.9. The molecule has 1 aliphatic heterocycles. The Morgan fingerprint density at radius 3 is 2.47 bits per heavy atom. The number of esters is 1. The van der Waals surface area contributed by atoms with Crippen molar-refractivity contribution in [2.24, 2.45) is 0 Å². The second-order valence-electron chi connectivity index (χ2n) is 6.53. The molecule has 1 aliphatic rings. The van der Waals surface area contributed by atoms with E-state index < -0.39 is 40.3 Å². The van der Waals surface area contributed by atoms with E-state index in [4.69, 9.17) is 24.7 Å². The normalized spacial score (nSPS) is 15.3. The molecule has 1 heterocycles. The van der Waals surface area contributed by atoms with Crippen LogP contribution in [-0.4, -0.2) is 25.3 Å². The van der Waals surface area contributed by atoms with Crippen LogP contribution in [0.5, 0.6) is 11.5 Å². The second-order valence-corrected chi connectivity index (χ2v) is 6.53. The fourth-order valence-electron chi connectivity index (χ4n) is 3.01. The highest BCUT2D eigenvalue weighted by Gasteiger charge is 2.29. The van der Waals surface area contributed by atoms with Crippen molar-refractivity contribution in [2.75, 3.05) is 13.2 Å². The van der Waals surface area contributed by atoms with Crippen LogP contribution in [0.25, 0.3) is 0 Å². The van der Waals surface area contributed by atoms with Crippen molar-refractivity contribution >= 4 is 5.97 Å². The molecule has 0 amide bonds. The topological polar surface area (TPSA) is 92.3 Å². The Hall–Kier alpha value is -3.56. The van der Waals surface area contributed by atoms with Gasteiger partial charge in [-0.3, -0.25) is 0 Å². The van der Waals surface area contributed by atoms with Crippen molar-refractivity contribution in [3.8, 4) is 23.6 Å². The molecule has 1 saturated heterocycles. The number of ether oxygens (including phenoxy) is 3. The Kier molecular flexibility index (Phi) is 6.24. The van der Waals surface area contributed by atoms with Gasteiger partial charge in [-0.1, -0.05) is 12.1 Å². The van der Waals surface area contributed by atoms with Gasteiger partial charge in [0, 0.05) is 6.61 Å². The van der Waals surface area contributed by atoms with Gasteiger partial charge in [-0.2, -0.15) is 14.9 Å². The minimum absolute atomic E-state index is 0.000980. The molecule has 154 valence electrons. The van der Waals surface area contributed by atoms with Crippen molar-refractivity contribution in [3.05, 3.63) is 57.9 Å². The Bertz CT molecular complexity index is 1080. The standard InChI is InChI=1S/C21H15F3N2O4/c1-11-4-2-6-13(21(27)29-10-12-5-3-7-28-12)19(11)30-20-17(23)15(9-26)14(8-25)16(22)18(20)24/h2,4,6,12H,3,5,7,10H2,1H3. The summed E-state index contributed by atoms with van der Waals surface area (Å²) in [6.07, 6.45) is 1.36. The van der Waals surface area contributed by atoms with Gasteiger partial charge in [0.1, 0.15) is 41.2 Å². The SMILES string of the molecule is Cc1cccc(C(=O)OCC2CCCO2)c1Oc1c(F)c(F)c(C#N)c(C#N)c1F. The summed E-state index contributed by atoms with van der Waals surface area (Å²) in [6.45, 7) is 2.08. The number of hydrogen-bond acceptors (Lipinski definition) is 6. The van der Waals surface area contributed by atoms with E-state index in [1.807, 2.05) is 0 Å². The molecular weight excluding hydrogens is 401 g/mol. The fourth-order valence-corrected chi connectivity index (χ4v) is 3.01. The quantitative estimate of drug-likeness (QED) is 0.534. The zero-order valence-electron chi connectivity index (χ0n) is 15.8. The van der Waals surface area contributed by atoms with E-state index in [0.29, 0.717) is 12.2 Å². The van der Waals surface area contributed by atoms with Crippen molar-refractivity contribution in [1.82, 2.24) is 0 Å². The van der Waals surface area contributed by atoms with E-state index in [2.05, 4.69) is 0 Å². The number of benzene rings is 2. The van der Waals surface area contributed by atoms with Crippen molar-refractivity contribution < 1.29 is 32.2 Å². The van der Waals surface area contributed by atoms with Crippen LogP contribution in [0.1, 0.15) is 39.9 Å². The molecule has 0 spiro atoms. The molecule has 0 radical (unpaired) electrons. The molecule has 0 aliphatic carbocycles. The monoisotopic (exact) mass is 416 g/mol. The number of carbonyl (C=O) groups is 1. The Labute approximate surface area is 170 Å². The lowest BCUT2D eigenvalue weighted by Crippen LogP contribution is -2.18. The van der Waals surface area contributed by atoms with Gasteiger partial charge in [-0.05, 0) is 31.4 Å². The lowest BCUT2D eigenvalue weighted by atomic mass is 10.1.